The zero-order valence-electron chi connectivity index (χ0n) is 14.6. The molecule has 1 amide bonds. The number of nitrogens with zero attached hydrogens (tertiary/aromatic N) is 4. The van der Waals surface area contributed by atoms with Crippen LogP contribution < -0.4 is 5.56 Å². The first-order valence-electron chi connectivity index (χ1n) is 8.75. The molecule has 2 aromatic heterocycles. The normalized spacial score (nSPS) is 22.9. The highest BCUT2D eigenvalue weighted by Gasteiger charge is 2.41. The number of carbonyl (C=O) groups excluding carboxylic acids is 1. The van der Waals surface area contributed by atoms with Crippen LogP contribution in [0.3, 0.4) is 0 Å². The maximum absolute atomic E-state index is 12.7. The summed E-state index contributed by atoms with van der Waals surface area (Å²) in [6, 6.07) is 1.61. The van der Waals surface area contributed by atoms with Crippen molar-refractivity contribution in [1.29, 1.82) is 0 Å². The summed E-state index contributed by atoms with van der Waals surface area (Å²) in [5, 5.41) is 2.76. The van der Waals surface area contributed by atoms with Crippen LogP contribution in [0.15, 0.2) is 16.2 Å². The zero-order valence-corrected chi connectivity index (χ0v) is 15.4. The van der Waals surface area contributed by atoms with Crippen LogP contribution in [0.4, 0.5) is 0 Å². The average molecular weight is 358 g/mol. The molecule has 25 heavy (non-hydrogen) atoms. The van der Waals surface area contributed by atoms with Crippen molar-refractivity contribution in [2.45, 2.75) is 46.1 Å². The largest absolute Gasteiger partial charge is 0.337 e. The number of hydrogen-bond acceptors (Lipinski definition) is 5. The SMILES string of the molecule is Cc1cc(=O)n2c(n1)CCC1(CCN(C(=O)c3csc(C)n3)C1)CC2. The molecule has 6 nitrogen and oxygen atoms in total. The van der Waals surface area contributed by atoms with Gasteiger partial charge in [-0.1, -0.05) is 0 Å². The number of aromatic nitrogens is 3. The predicted molar refractivity (Wildman–Crippen MR) is 96.0 cm³/mol. The van der Waals surface area contributed by atoms with E-state index in [1.165, 1.54) is 11.3 Å². The third-order valence-electron chi connectivity index (χ3n) is 5.52. The molecule has 1 unspecified atom stereocenters. The van der Waals surface area contributed by atoms with Gasteiger partial charge in [-0.25, -0.2) is 9.97 Å². The van der Waals surface area contributed by atoms with Crippen LogP contribution in [0.5, 0.6) is 0 Å². The quantitative estimate of drug-likeness (QED) is 0.784. The monoisotopic (exact) mass is 358 g/mol. The van der Waals surface area contributed by atoms with Gasteiger partial charge in [0, 0.05) is 43.2 Å². The first-order valence-corrected chi connectivity index (χ1v) is 9.63. The average Bonchev–Trinajstić information content (AvgIpc) is 3.13. The number of likely N-dealkylation sites (tertiary alicyclic amines) is 1. The summed E-state index contributed by atoms with van der Waals surface area (Å²) in [5.74, 6) is 0.927. The highest BCUT2D eigenvalue weighted by Crippen LogP contribution is 2.40. The molecule has 1 atom stereocenters. The van der Waals surface area contributed by atoms with Gasteiger partial charge in [0.1, 0.15) is 11.5 Å². The molecule has 1 spiro atoms. The molecule has 1 fully saturated rings. The molecule has 0 N–H and O–H groups in total. The van der Waals surface area contributed by atoms with E-state index in [4.69, 9.17) is 0 Å². The Morgan fingerprint density at radius 3 is 2.76 bits per heavy atom. The van der Waals surface area contributed by atoms with E-state index in [2.05, 4.69) is 9.97 Å². The molecule has 0 bridgehead atoms. The Bertz CT molecular complexity index is 887. The highest BCUT2D eigenvalue weighted by molar-refractivity contribution is 7.09. The van der Waals surface area contributed by atoms with Crippen LogP contribution in [0.2, 0.25) is 0 Å². The topological polar surface area (TPSA) is 68.1 Å². The lowest BCUT2D eigenvalue weighted by atomic mass is 9.80. The molecule has 7 heteroatoms. The van der Waals surface area contributed by atoms with Crippen molar-refractivity contribution >= 4 is 17.2 Å². The van der Waals surface area contributed by atoms with E-state index in [-0.39, 0.29) is 16.9 Å². The number of fused-ring (bicyclic) bond motifs is 1. The minimum absolute atomic E-state index is 0.0362. The molecular formula is C18H22N4O2S. The third-order valence-corrected chi connectivity index (χ3v) is 6.30. The van der Waals surface area contributed by atoms with Crippen LogP contribution >= 0.6 is 11.3 Å². The lowest BCUT2D eigenvalue weighted by Gasteiger charge is -2.27. The fourth-order valence-electron chi connectivity index (χ4n) is 4.10. The Hall–Kier alpha value is -2.02. The number of amides is 1. The standard InChI is InChI=1S/C18H22N4O2S/c1-12-9-16(23)22-8-6-18(4-3-15(22)19-12)5-7-21(11-18)17(24)14-10-25-13(2)20-14/h9-10H,3-8,11H2,1-2H3. The van der Waals surface area contributed by atoms with E-state index in [9.17, 15) is 9.59 Å². The third kappa shape index (κ3) is 3.01. The summed E-state index contributed by atoms with van der Waals surface area (Å²) in [5.41, 5.74) is 1.48. The Morgan fingerprint density at radius 1 is 1.20 bits per heavy atom. The van der Waals surface area contributed by atoms with E-state index in [1.807, 2.05) is 28.7 Å². The summed E-state index contributed by atoms with van der Waals surface area (Å²) >= 11 is 1.51. The maximum atomic E-state index is 12.7. The molecule has 0 aliphatic carbocycles. The van der Waals surface area contributed by atoms with Gasteiger partial charge in [-0.3, -0.25) is 14.2 Å². The van der Waals surface area contributed by atoms with Crippen LogP contribution in [0.25, 0.3) is 0 Å². The number of rotatable bonds is 1. The molecular weight excluding hydrogens is 336 g/mol. The first-order chi connectivity index (χ1) is 12.0. The van der Waals surface area contributed by atoms with Crippen LogP contribution in [-0.2, 0) is 13.0 Å². The van der Waals surface area contributed by atoms with Crippen LogP contribution in [-0.4, -0.2) is 38.4 Å². The smallest absolute Gasteiger partial charge is 0.273 e. The van der Waals surface area contributed by atoms with Gasteiger partial charge in [-0.15, -0.1) is 11.3 Å². The van der Waals surface area contributed by atoms with Gasteiger partial charge in [0.15, 0.2) is 0 Å². The van der Waals surface area contributed by atoms with Crippen molar-refractivity contribution in [3.05, 3.63) is 44.0 Å². The lowest BCUT2D eigenvalue weighted by Crippen LogP contribution is -2.33. The minimum atomic E-state index is 0.0362. The second-order valence-corrected chi connectivity index (χ2v) is 8.34. The highest BCUT2D eigenvalue weighted by atomic mass is 32.1. The van der Waals surface area contributed by atoms with Gasteiger partial charge in [0.05, 0.1) is 5.01 Å². The molecule has 132 valence electrons. The maximum Gasteiger partial charge on any atom is 0.273 e. The fraction of sp³-hybridized carbons (Fsp3) is 0.556. The second kappa shape index (κ2) is 6.05. The van der Waals surface area contributed by atoms with E-state index in [0.717, 1.165) is 55.3 Å². The van der Waals surface area contributed by atoms with Crippen molar-refractivity contribution in [1.82, 2.24) is 19.4 Å². The molecule has 0 aromatic carbocycles. The Labute approximate surface area is 150 Å². The van der Waals surface area contributed by atoms with E-state index in [1.54, 1.807) is 6.07 Å². The Balaban J connectivity index is 1.52. The fourth-order valence-corrected chi connectivity index (χ4v) is 4.69. The number of aryl methyl sites for hydroxylation is 3. The van der Waals surface area contributed by atoms with Gasteiger partial charge < -0.3 is 4.90 Å². The van der Waals surface area contributed by atoms with Crippen molar-refractivity contribution in [2.24, 2.45) is 5.41 Å². The van der Waals surface area contributed by atoms with Crippen LogP contribution in [0.1, 0.15) is 46.3 Å². The lowest BCUT2D eigenvalue weighted by molar-refractivity contribution is 0.0762. The van der Waals surface area contributed by atoms with Crippen molar-refractivity contribution in [3.63, 3.8) is 0 Å². The summed E-state index contributed by atoms with van der Waals surface area (Å²) in [6.07, 6.45) is 3.69. The van der Waals surface area contributed by atoms with Crippen molar-refractivity contribution in [3.8, 4) is 0 Å². The molecule has 1 saturated heterocycles. The van der Waals surface area contributed by atoms with E-state index in [0.29, 0.717) is 12.2 Å². The Kier molecular flexibility index (Phi) is 3.98. The molecule has 4 rings (SSSR count). The summed E-state index contributed by atoms with van der Waals surface area (Å²) in [4.78, 5) is 35.8. The molecule has 0 saturated carbocycles. The van der Waals surface area contributed by atoms with Gasteiger partial charge >= 0.3 is 0 Å². The summed E-state index contributed by atoms with van der Waals surface area (Å²) in [6.45, 7) is 6.01. The zero-order chi connectivity index (χ0) is 17.6. The van der Waals surface area contributed by atoms with Crippen molar-refractivity contribution < 1.29 is 4.79 Å². The Morgan fingerprint density at radius 2 is 2.00 bits per heavy atom. The van der Waals surface area contributed by atoms with Gasteiger partial charge in [-0.2, -0.15) is 0 Å². The molecule has 4 heterocycles. The first kappa shape index (κ1) is 16.4. The summed E-state index contributed by atoms with van der Waals surface area (Å²) in [7, 11) is 0. The summed E-state index contributed by atoms with van der Waals surface area (Å²) < 4.78 is 1.82. The van der Waals surface area contributed by atoms with Crippen LogP contribution in [0, 0.1) is 19.3 Å². The number of thiazole rings is 1. The number of hydrogen-bond donors (Lipinski definition) is 0. The molecule has 0 radical (unpaired) electrons. The van der Waals surface area contributed by atoms with Gasteiger partial charge in [-0.05, 0) is 38.5 Å². The molecule has 2 aromatic rings. The second-order valence-electron chi connectivity index (χ2n) is 7.28. The minimum Gasteiger partial charge on any atom is -0.337 e. The molecule has 2 aliphatic rings. The van der Waals surface area contributed by atoms with E-state index >= 15 is 0 Å². The van der Waals surface area contributed by atoms with E-state index < -0.39 is 0 Å². The van der Waals surface area contributed by atoms with Gasteiger partial charge in [0.25, 0.3) is 11.5 Å². The predicted octanol–water partition coefficient (Wildman–Crippen LogP) is 2.19. The van der Waals surface area contributed by atoms with Gasteiger partial charge in [0.2, 0.25) is 0 Å². The molecule has 2 aliphatic heterocycles. The van der Waals surface area contributed by atoms with Crippen molar-refractivity contribution in [2.75, 3.05) is 13.1 Å². The number of carbonyl (C=O) groups is 1.